The fraction of sp³-hybridized carbons (Fsp3) is 0.333. The molecule has 0 aliphatic rings. The zero-order chi connectivity index (χ0) is 91.9. The van der Waals surface area contributed by atoms with Crippen molar-refractivity contribution in [2.75, 3.05) is 66.9 Å². The summed E-state index contributed by atoms with van der Waals surface area (Å²) in [4.78, 5) is 83.1. The normalized spacial score (nSPS) is 11.8. The molecule has 28 nitrogen and oxygen atoms in total. The molecule has 8 N–H and O–H groups in total. The number of aromatic carboxylic acids is 1. The van der Waals surface area contributed by atoms with Crippen molar-refractivity contribution >= 4 is 168 Å². The Morgan fingerprint density at radius 2 is 0.878 bits per heavy atom. The van der Waals surface area contributed by atoms with E-state index in [9.17, 15) is 45.5 Å². The molecule has 2 aromatic carbocycles. The molecule has 0 aliphatic heterocycles. The van der Waals surface area contributed by atoms with E-state index in [4.69, 9.17) is 79.8 Å². The lowest BCUT2D eigenvalue weighted by atomic mass is 10.0. The van der Waals surface area contributed by atoms with Gasteiger partial charge in [-0.05, 0) is 258 Å². The maximum Gasteiger partial charge on any atom is 0.519 e. The first-order chi connectivity index (χ1) is 57.6. The highest BCUT2D eigenvalue weighted by molar-refractivity contribution is 9.11. The summed E-state index contributed by atoms with van der Waals surface area (Å²) in [7, 11) is 3.92. The van der Waals surface area contributed by atoms with Crippen LogP contribution < -0.4 is 16.8 Å². The molecule has 123 heavy (non-hydrogen) atoms. The van der Waals surface area contributed by atoms with Gasteiger partial charge in [0.05, 0.1) is 117 Å². The van der Waals surface area contributed by atoms with Crippen molar-refractivity contribution in [3.8, 4) is 11.4 Å². The van der Waals surface area contributed by atoms with Gasteiger partial charge in [0.15, 0.2) is 0 Å². The molecular formula is C81H96Br5Cl3F6N14O14. The number of pyridine rings is 7. The zero-order valence-electron chi connectivity index (χ0n) is 68.4. The summed E-state index contributed by atoms with van der Waals surface area (Å²) in [6, 6.07) is 29.8. The van der Waals surface area contributed by atoms with Crippen molar-refractivity contribution < 1.29 is 95.4 Å². The van der Waals surface area contributed by atoms with E-state index < -0.39 is 49.1 Å². The standard InChI is InChI=1S/C21H17BrFN5O2.C13H8FN3O2.C10H18O5.C9H12BrNO.C8H11BrN2O.C8H10BrNO.C7H9BrN2O.C2HF3O.CH2Cl2.CH3F.CH4.ClH/c1-30-12-18(13-6-7-25-20(22)8-13)27-21(29)17-9-24-11-19-16(17)10-26-28(19)15-4-2-14(23)3-5-15;14-8-1-3-9(4-2-8)17-12-7-15-5-11(13(18)19)10(12)6-16-17;1-9(2,3)14-7(11)13-8(12)15-10(4,5)6;1-7(6-12-2)8-3-4-11-9(10)5-8;1-12-5-7(10)6-2-3-11-8(9)4-6;1-6(5-11)7-2-3-10-8(9)4-7;8-7-3-5(1-2-10-7)6(9)4-11;3-2(4,5)1-6;2-1-3;1-2;;/h2-11,18H,12H2,1H3,(H,27,29);1-7H,(H,18,19);1-6H3;3-5,7H,6H2,1-2H3;2-4,7H,5,10H2,1H3;2-4,6,11H,5H2,1H3;1-3,6,11H,4,9H2;1H;1H2;1H3;1H4;1H/t18-;;;2*7-;2*6-;;;;;/m0..0000...../s1/i;;;;;;;;;1D;;. The summed E-state index contributed by atoms with van der Waals surface area (Å²) in [6.45, 7) is 15.8. The number of fused-ring (bicyclic) bond motifs is 2. The van der Waals surface area contributed by atoms with Crippen molar-refractivity contribution in [1.29, 1.82) is 0 Å². The van der Waals surface area contributed by atoms with Crippen molar-refractivity contribution in [2.24, 2.45) is 11.5 Å². The number of rotatable bonds is 18. The number of aliphatic hydroxyl groups excluding tert-OH is 2. The van der Waals surface area contributed by atoms with Crippen LogP contribution in [0.1, 0.15) is 143 Å². The van der Waals surface area contributed by atoms with Gasteiger partial charge in [0.25, 0.3) is 5.91 Å². The second kappa shape index (κ2) is 60.1. The topological polar surface area (TPSA) is 391 Å². The molecule has 9 heterocycles. The molecule has 9 aromatic heterocycles. The Morgan fingerprint density at radius 1 is 0.545 bits per heavy atom. The number of hydrogen-bond acceptors (Lipinski definition) is 24. The van der Waals surface area contributed by atoms with E-state index in [1.165, 1.54) is 59.3 Å². The quantitative estimate of drug-likeness (QED) is 0.0116. The minimum atomic E-state index is -4.64. The fourth-order valence-electron chi connectivity index (χ4n) is 9.26. The predicted molar refractivity (Wildman–Crippen MR) is 478 cm³/mol. The first-order valence-electron chi connectivity index (χ1n) is 35.9. The molecule has 0 saturated carbocycles. The Kier molecular flexibility index (Phi) is 54.9. The molecule has 11 aromatic rings. The molecule has 5 atom stereocenters. The molecule has 0 bridgehead atoms. The number of methoxy groups -OCH3 is 3. The Labute approximate surface area is 767 Å². The van der Waals surface area contributed by atoms with Gasteiger partial charge in [0.2, 0.25) is 6.29 Å². The van der Waals surface area contributed by atoms with E-state index in [1.54, 1.807) is 147 Å². The second-order valence-corrected chi connectivity index (χ2v) is 31.1. The third-order valence-electron chi connectivity index (χ3n) is 14.7. The lowest BCUT2D eigenvalue weighted by Gasteiger charge is -2.20. The SMILES string of the molecule is C.CC(C)(C)OC(=O)OC(=O)OC(C)(C)C.COC[C@H](C)c1ccnc(Br)c1.COC[C@H](N)c1ccnc(Br)c1.COC[C@H](NC(=O)c1cncc2c1cnn2-c1ccc(F)cc1)c1ccnc(Br)c1.C[C@@H](CO)c1ccnc(Br)c1.Cl.ClCCl.N[C@@H](CO)c1ccnc(Br)c1.O=C(O)c1cncc2c1cnn2-c1ccc(F)cc1.O=CC(F)(F)F.[2H]CF. The number of nitrogens with one attached hydrogen (secondary N) is 1. The lowest BCUT2D eigenvalue weighted by Crippen LogP contribution is -2.31. The Bertz CT molecular complexity index is 4840. The number of alkyl halides is 6. The Balaban J connectivity index is 0.00000143. The lowest BCUT2D eigenvalue weighted by molar-refractivity contribution is -0.156. The monoisotopic (exact) mass is 2100 g/mol. The van der Waals surface area contributed by atoms with Gasteiger partial charge in [0.1, 0.15) is 45.9 Å². The second-order valence-electron chi connectivity index (χ2n) is 26.2. The van der Waals surface area contributed by atoms with E-state index in [0.29, 0.717) is 62.5 Å². The molecule has 0 unspecified atom stereocenters. The number of carbonyl (C=O) groups excluding carboxylic acids is 4. The molecule has 0 saturated heterocycles. The highest BCUT2D eigenvalue weighted by atomic mass is 79.9. The predicted octanol–water partition coefficient (Wildman–Crippen LogP) is 19.6. The van der Waals surface area contributed by atoms with Crippen LogP contribution in [-0.4, -0.2) is 184 Å². The number of nitrogens with two attached hydrogens (primary N) is 2. The highest BCUT2D eigenvalue weighted by Crippen LogP contribution is 2.27. The van der Waals surface area contributed by atoms with Gasteiger partial charge in [0, 0.05) is 93.9 Å². The zero-order valence-corrected chi connectivity index (χ0v) is 77.6. The number of amides is 1. The van der Waals surface area contributed by atoms with Crippen LogP contribution in [0, 0.1) is 11.6 Å². The van der Waals surface area contributed by atoms with Crippen LogP contribution in [0.3, 0.4) is 0 Å². The molecule has 1 amide bonds. The van der Waals surface area contributed by atoms with Crippen LogP contribution in [-0.2, 0) is 33.2 Å². The van der Waals surface area contributed by atoms with Crippen LogP contribution in [0.2, 0.25) is 0 Å². The van der Waals surface area contributed by atoms with Crippen LogP contribution >= 0.6 is 115 Å². The molecule has 0 fully saturated rings. The number of ether oxygens (including phenoxy) is 6. The van der Waals surface area contributed by atoms with Gasteiger partial charge in [-0.3, -0.25) is 23.9 Å². The molecule has 42 heteroatoms. The smallest absolute Gasteiger partial charge is 0.478 e. The van der Waals surface area contributed by atoms with Crippen molar-refractivity contribution in [1.82, 2.24) is 59.8 Å². The van der Waals surface area contributed by atoms with Gasteiger partial charge in [-0.15, -0.1) is 35.6 Å². The average molecular weight is 2110 g/mol. The van der Waals surface area contributed by atoms with Crippen molar-refractivity contribution in [2.45, 2.75) is 110 Å². The number of aliphatic hydroxyl groups is 2. The van der Waals surface area contributed by atoms with Gasteiger partial charge in [-0.2, -0.15) is 23.4 Å². The van der Waals surface area contributed by atoms with Crippen molar-refractivity contribution in [3.05, 3.63) is 251 Å². The number of halogens is 14. The first kappa shape index (κ1) is 112. The molecule has 0 aliphatic carbocycles. The third-order valence-corrected chi connectivity index (χ3v) is 16.9. The molecule has 672 valence electrons. The van der Waals surface area contributed by atoms with E-state index in [-0.39, 0.29) is 85.5 Å². The number of carbonyl (C=O) groups is 5. The summed E-state index contributed by atoms with van der Waals surface area (Å²) in [5, 5.41) is 39.4. The van der Waals surface area contributed by atoms with Crippen LogP contribution in [0.15, 0.2) is 200 Å². The van der Waals surface area contributed by atoms with E-state index in [2.05, 4.69) is 142 Å². The van der Waals surface area contributed by atoms with Gasteiger partial charge in [-0.25, -0.2) is 57.4 Å². The highest BCUT2D eigenvalue weighted by Gasteiger charge is 2.27. The molecule has 0 radical (unpaired) electrons. The van der Waals surface area contributed by atoms with E-state index in [0.717, 1.165) is 47.3 Å². The number of nitrogens with zero attached hydrogens (tertiary/aromatic N) is 11. The fourth-order valence-corrected chi connectivity index (χ4v) is 11.2. The summed E-state index contributed by atoms with van der Waals surface area (Å²) < 4.78 is 109. The maximum atomic E-state index is 13.2. The number of hydrogen-bond donors (Lipinski definition) is 6. The number of aldehydes is 1. The van der Waals surface area contributed by atoms with Crippen LogP contribution in [0.4, 0.5) is 35.9 Å². The van der Waals surface area contributed by atoms with Crippen molar-refractivity contribution in [3.63, 3.8) is 0 Å². The molecule has 11 rings (SSSR count). The number of carboxylic acid groups (broad SMARTS) is 1. The summed E-state index contributed by atoms with van der Waals surface area (Å²) in [6.07, 6.45) is 9.72. The first-order valence-corrected chi connectivity index (χ1v) is 40.2. The summed E-state index contributed by atoms with van der Waals surface area (Å²) >= 11 is 26.0. The van der Waals surface area contributed by atoms with Gasteiger partial charge >= 0.3 is 24.5 Å². The maximum absolute atomic E-state index is 13.2. The number of benzene rings is 2. The van der Waals surface area contributed by atoms with Crippen LogP contribution in [0.5, 0.6) is 0 Å². The van der Waals surface area contributed by atoms with Gasteiger partial charge in [-0.1, -0.05) is 21.3 Å². The summed E-state index contributed by atoms with van der Waals surface area (Å²) in [5.41, 5.74) is 18.1. The van der Waals surface area contributed by atoms with Gasteiger partial charge < -0.3 is 60.5 Å². The largest absolute Gasteiger partial charge is 0.519 e. The molecular weight excluding hydrogens is 2010 g/mol. The minimum absolute atomic E-state index is 0. The molecule has 0 spiro atoms. The summed E-state index contributed by atoms with van der Waals surface area (Å²) in [5.74, 6) is -1.42. The third kappa shape index (κ3) is 44.7. The number of aromatic nitrogens is 11. The van der Waals surface area contributed by atoms with Crippen LogP contribution in [0.25, 0.3) is 33.2 Å². The minimum Gasteiger partial charge on any atom is -0.478 e. The van der Waals surface area contributed by atoms with E-state index in [1.807, 2.05) is 55.5 Å². The average Bonchev–Trinajstić information content (AvgIpc) is 1.64. The number of carboxylic acids is 1. The Morgan fingerprint density at radius 3 is 1.22 bits per heavy atom. The Hall–Kier alpha value is -8.65. The van der Waals surface area contributed by atoms with E-state index >= 15 is 0 Å².